The fourth-order valence-electron chi connectivity index (χ4n) is 5.14. The summed E-state index contributed by atoms with van der Waals surface area (Å²) in [7, 11) is 0. The van der Waals surface area contributed by atoms with Crippen LogP contribution in [0.15, 0.2) is 41.2 Å². The quantitative estimate of drug-likeness (QED) is 0.373. The van der Waals surface area contributed by atoms with Crippen molar-refractivity contribution in [3.05, 3.63) is 69.2 Å². The minimum absolute atomic E-state index is 0.00342. The number of nitrogens with two attached hydrogens (primary N) is 1. The summed E-state index contributed by atoms with van der Waals surface area (Å²) in [5, 5.41) is 0.261. The largest absolute Gasteiger partial charge is 0.382 e. The number of aromatic nitrogens is 3. The number of benzene rings is 2. The Bertz CT molecular complexity index is 1590. The molecule has 0 spiro atoms. The second-order valence-corrected chi connectivity index (χ2v) is 10.5. The molecule has 1 aliphatic carbocycles. The number of aryl methyl sites for hydroxylation is 1. The summed E-state index contributed by atoms with van der Waals surface area (Å²) in [5.74, 6) is -0.909. The minimum atomic E-state index is -0.820. The maximum absolute atomic E-state index is 15.0. The third-order valence-electron chi connectivity index (χ3n) is 7.43. The summed E-state index contributed by atoms with van der Waals surface area (Å²) in [4.78, 5) is 28.0. The van der Waals surface area contributed by atoms with Crippen molar-refractivity contribution in [3.63, 3.8) is 0 Å². The van der Waals surface area contributed by atoms with Crippen molar-refractivity contribution in [2.75, 3.05) is 43.4 Å². The molecule has 0 unspecified atom stereocenters. The first kappa shape index (κ1) is 24.8. The number of rotatable bonds is 5. The second kappa shape index (κ2) is 9.63. The maximum Gasteiger partial charge on any atom is 0.259 e. The third-order valence-corrected chi connectivity index (χ3v) is 7.92. The van der Waals surface area contributed by atoms with Crippen LogP contribution in [0, 0.1) is 24.6 Å². The van der Waals surface area contributed by atoms with Gasteiger partial charge in [-0.3, -0.25) is 9.69 Å². The molecule has 6 rings (SSSR count). The first-order valence-electron chi connectivity index (χ1n) is 12.7. The van der Waals surface area contributed by atoms with Gasteiger partial charge in [-0.05, 0) is 49.9 Å². The molecule has 3 N–H and O–H groups in total. The van der Waals surface area contributed by atoms with E-state index in [9.17, 15) is 9.18 Å². The number of aromatic amines is 1. The number of hydrogen-bond donors (Lipinski definition) is 2. The fourth-order valence-corrected chi connectivity index (χ4v) is 5.34. The van der Waals surface area contributed by atoms with E-state index in [1.54, 1.807) is 19.1 Å². The fraction of sp³-hybridized carbons (Fsp3) is 0.321. The number of piperazine rings is 1. The number of nitrogens with one attached hydrogen (secondary N) is 1. The van der Waals surface area contributed by atoms with E-state index in [0.29, 0.717) is 11.3 Å². The number of halogens is 3. The van der Waals surface area contributed by atoms with Crippen LogP contribution in [0.3, 0.4) is 0 Å². The van der Waals surface area contributed by atoms with Crippen molar-refractivity contribution in [2.45, 2.75) is 19.8 Å². The molecule has 3 heterocycles. The Morgan fingerprint density at radius 3 is 2.42 bits per heavy atom. The molecule has 38 heavy (non-hydrogen) atoms. The molecule has 0 atom stereocenters. The van der Waals surface area contributed by atoms with E-state index in [2.05, 4.69) is 24.8 Å². The Morgan fingerprint density at radius 1 is 1.03 bits per heavy atom. The van der Waals surface area contributed by atoms with Crippen LogP contribution < -0.4 is 16.2 Å². The Morgan fingerprint density at radius 2 is 1.74 bits per heavy atom. The van der Waals surface area contributed by atoms with Gasteiger partial charge in [0.1, 0.15) is 17.2 Å². The first-order chi connectivity index (χ1) is 18.3. The highest BCUT2D eigenvalue weighted by Crippen LogP contribution is 2.34. The molecule has 0 radical (unpaired) electrons. The summed E-state index contributed by atoms with van der Waals surface area (Å²) in [6.07, 6.45) is 2.72. The zero-order valence-corrected chi connectivity index (χ0v) is 21.7. The van der Waals surface area contributed by atoms with Gasteiger partial charge in [-0.1, -0.05) is 23.7 Å². The summed E-state index contributed by atoms with van der Waals surface area (Å²) in [6, 6.07) is 10.2. The van der Waals surface area contributed by atoms with Gasteiger partial charge >= 0.3 is 0 Å². The Kier molecular flexibility index (Phi) is 6.28. The van der Waals surface area contributed by atoms with Gasteiger partial charge in [0.2, 0.25) is 5.95 Å². The van der Waals surface area contributed by atoms with E-state index >= 15 is 4.39 Å². The maximum atomic E-state index is 15.0. The smallest absolute Gasteiger partial charge is 0.259 e. The van der Waals surface area contributed by atoms with Gasteiger partial charge < -0.3 is 15.6 Å². The van der Waals surface area contributed by atoms with E-state index in [0.717, 1.165) is 43.9 Å². The molecular formula is C28H27ClF2N6O. The summed E-state index contributed by atoms with van der Waals surface area (Å²) >= 11 is 6.36. The van der Waals surface area contributed by atoms with Crippen molar-refractivity contribution in [3.8, 4) is 22.5 Å². The molecule has 1 saturated heterocycles. The summed E-state index contributed by atoms with van der Waals surface area (Å²) in [5.41, 5.74) is 7.77. The predicted octanol–water partition coefficient (Wildman–Crippen LogP) is 5.01. The highest BCUT2D eigenvalue weighted by molar-refractivity contribution is 6.36. The summed E-state index contributed by atoms with van der Waals surface area (Å²) in [6.45, 7) is 6.80. The molecule has 0 amide bonds. The standard InChI is InChI=1S/C28H27ClF2N6O/c1-15-23(29)20-12-18(13-21(30)22(20)28(38)33-15)25-27(32)35-26(31)24(34-25)17-4-6-19(7-5-17)37-10-8-36(9-11-37)14-16-2-3-16/h4-7,12-13,16H,2-3,8-11,14H2,1H3,(H2,32,35)(H,33,38). The highest BCUT2D eigenvalue weighted by Gasteiger charge is 2.26. The van der Waals surface area contributed by atoms with Gasteiger partial charge in [0.05, 0.1) is 10.4 Å². The van der Waals surface area contributed by atoms with Crippen molar-refractivity contribution < 1.29 is 8.78 Å². The molecule has 2 aromatic carbocycles. The molecule has 2 aliphatic rings. The van der Waals surface area contributed by atoms with E-state index in [1.165, 1.54) is 25.5 Å². The van der Waals surface area contributed by atoms with Crippen molar-refractivity contribution >= 4 is 33.9 Å². The van der Waals surface area contributed by atoms with Gasteiger partial charge in [0.15, 0.2) is 5.82 Å². The van der Waals surface area contributed by atoms with Crippen LogP contribution in [0.25, 0.3) is 33.3 Å². The molecule has 4 aromatic rings. The topological polar surface area (TPSA) is 91.1 Å². The van der Waals surface area contributed by atoms with Gasteiger partial charge in [-0.2, -0.15) is 9.37 Å². The average molecular weight is 537 g/mol. The number of nitrogen functional groups attached to an aromatic ring is 1. The number of nitrogens with zero attached hydrogens (tertiary/aromatic N) is 4. The lowest BCUT2D eigenvalue weighted by Gasteiger charge is -2.36. The molecule has 1 aliphatic heterocycles. The molecule has 2 fully saturated rings. The van der Waals surface area contributed by atoms with E-state index in [4.69, 9.17) is 17.3 Å². The zero-order valence-electron chi connectivity index (χ0n) is 20.9. The second-order valence-electron chi connectivity index (χ2n) is 10.1. The lowest BCUT2D eigenvalue weighted by atomic mass is 10.0. The van der Waals surface area contributed by atoms with Crippen molar-refractivity contribution in [1.29, 1.82) is 0 Å². The molecule has 1 saturated carbocycles. The number of pyridine rings is 1. The van der Waals surface area contributed by atoms with E-state index in [-0.39, 0.29) is 38.6 Å². The van der Waals surface area contributed by atoms with E-state index in [1.807, 2.05) is 12.1 Å². The molecule has 196 valence electrons. The van der Waals surface area contributed by atoms with Gasteiger partial charge in [-0.25, -0.2) is 9.37 Å². The highest BCUT2D eigenvalue weighted by atomic mass is 35.5. The van der Waals surface area contributed by atoms with Gasteiger partial charge in [0.25, 0.3) is 5.56 Å². The monoisotopic (exact) mass is 536 g/mol. The van der Waals surface area contributed by atoms with Crippen molar-refractivity contribution in [2.24, 2.45) is 5.92 Å². The SMILES string of the molecule is Cc1[nH]c(=O)c2c(F)cc(-c3nc(-c4ccc(N5CCN(CC6CC6)CC5)cc4)c(F)nc3N)cc2c1Cl. The van der Waals surface area contributed by atoms with Crippen LogP contribution >= 0.6 is 11.6 Å². The van der Waals surface area contributed by atoms with Crippen LogP contribution in [0.1, 0.15) is 18.5 Å². The van der Waals surface area contributed by atoms with Crippen LogP contribution in [0.4, 0.5) is 20.3 Å². The van der Waals surface area contributed by atoms with Crippen LogP contribution in [0.5, 0.6) is 0 Å². The third kappa shape index (κ3) is 4.61. The number of fused-ring (bicyclic) bond motifs is 1. The number of anilines is 2. The Balaban J connectivity index is 1.31. The normalized spacial score (nSPS) is 16.4. The molecule has 10 heteroatoms. The van der Waals surface area contributed by atoms with Gasteiger partial charge in [0, 0.05) is 60.6 Å². The first-order valence-corrected chi connectivity index (χ1v) is 13.1. The average Bonchev–Trinajstić information content (AvgIpc) is 3.72. The lowest BCUT2D eigenvalue weighted by molar-refractivity contribution is 0.248. The zero-order chi connectivity index (χ0) is 26.6. The van der Waals surface area contributed by atoms with Crippen LogP contribution in [-0.2, 0) is 0 Å². The molecule has 7 nitrogen and oxygen atoms in total. The minimum Gasteiger partial charge on any atom is -0.382 e. The molecular weight excluding hydrogens is 510 g/mol. The predicted molar refractivity (Wildman–Crippen MR) is 146 cm³/mol. The van der Waals surface area contributed by atoms with Crippen LogP contribution in [-0.4, -0.2) is 52.6 Å². The van der Waals surface area contributed by atoms with Crippen LogP contribution in [0.2, 0.25) is 5.02 Å². The summed E-state index contributed by atoms with van der Waals surface area (Å²) < 4.78 is 29.9. The number of hydrogen-bond acceptors (Lipinski definition) is 6. The Hall–Kier alpha value is -3.56. The lowest BCUT2D eigenvalue weighted by Crippen LogP contribution is -2.47. The molecule has 2 aromatic heterocycles. The van der Waals surface area contributed by atoms with Gasteiger partial charge in [-0.15, -0.1) is 0 Å². The molecule has 0 bridgehead atoms. The van der Waals surface area contributed by atoms with E-state index < -0.39 is 17.3 Å². The number of H-pyrrole nitrogens is 1. The van der Waals surface area contributed by atoms with Crippen molar-refractivity contribution in [1.82, 2.24) is 19.9 Å². The Labute approximate surface area is 223 Å².